The molecule has 1 aromatic heterocycles. The van der Waals surface area contributed by atoms with Crippen LogP contribution < -0.4 is 14.8 Å². The molecule has 0 fully saturated rings. The van der Waals surface area contributed by atoms with Crippen LogP contribution in [0.1, 0.15) is 40.1 Å². The van der Waals surface area contributed by atoms with Crippen LogP contribution in [0.2, 0.25) is 0 Å². The highest BCUT2D eigenvalue weighted by Gasteiger charge is 2.18. The zero-order valence-corrected chi connectivity index (χ0v) is 12.9. The van der Waals surface area contributed by atoms with E-state index >= 15 is 0 Å². The van der Waals surface area contributed by atoms with Gasteiger partial charge in [0.15, 0.2) is 11.5 Å². The van der Waals surface area contributed by atoms with E-state index in [1.54, 1.807) is 18.2 Å². The van der Waals surface area contributed by atoms with E-state index in [1.165, 1.54) is 11.3 Å². The van der Waals surface area contributed by atoms with Crippen molar-refractivity contribution in [1.29, 1.82) is 0 Å². The van der Waals surface area contributed by atoms with E-state index in [1.807, 2.05) is 6.92 Å². The van der Waals surface area contributed by atoms with E-state index in [9.17, 15) is 4.79 Å². The maximum absolute atomic E-state index is 12.4. The van der Waals surface area contributed by atoms with Crippen LogP contribution in [-0.4, -0.2) is 17.7 Å². The van der Waals surface area contributed by atoms with E-state index in [4.69, 9.17) is 9.47 Å². The number of anilines is 1. The SMILES string of the molecule is Cc1nc(C(C)C)sc1C(=O)Nc1ccc2c(c1)OCO2. The van der Waals surface area contributed by atoms with Crippen molar-refractivity contribution in [2.24, 2.45) is 0 Å². The Hall–Kier alpha value is -2.08. The second kappa shape index (κ2) is 5.37. The summed E-state index contributed by atoms with van der Waals surface area (Å²) in [5.74, 6) is 1.53. The number of amides is 1. The summed E-state index contributed by atoms with van der Waals surface area (Å²) in [6.45, 7) is 6.21. The van der Waals surface area contributed by atoms with Gasteiger partial charge in [-0.2, -0.15) is 0 Å². The number of aryl methyl sites for hydroxylation is 1. The molecule has 5 nitrogen and oxygen atoms in total. The van der Waals surface area contributed by atoms with Gasteiger partial charge in [0.05, 0.1) is 10.7 Å². The molecule has 0 saturated carbocycles. The standard InChI is InChI=1S/C15H16N2O3S/c1-8(2)15-16-9(3)13(21-15)14(18)17-10-4-5-11-12(6-10)20-7-19-11/h4-6,8H,7H2,1-3H3,(H,17,18). The number of thiazole rings is 1. The fourth-order valence-corrected chi connectivity index (χ4v) is 3.00. The first-order valence-corrected chi connectivity index (χ1v) is 7.54. The Bertz CT molecular complexity index is 694. The molecule has 1 N–H and O–H groups in total. The Morgan fingerprint density at radius 1 is 1.33 bits per heavy atom. The van der Waals surface area contributed by atoms with Crippen molar-refractivity contribution in [1.82, 2.24) is 4.98 Å². The molecule has 0 radical (unpaired) electrons. The van der Waals surface area contributed by atoms with Gasteiger partial charge in [0.2, 0.25) is 6.79 Å². The molecular formula is C15H16N2O3S. The minimum Gasteiger partial charge on any atom is -0.454 e. The first kappa shape index (κ1) is 13.9. The van der Waals surface area contributed by atoms with Crippen molar-refractivity contribution < 1.29 is 14.3 Å². The Labute approximate surface area is 126 Å². The molecule has 1 aliphatic rings. The number of hydrogen-bond acceptors (Lipinski definition) is 5. The second-order valence-corrected chi connectivity index (χ2v) is 6.17. The van der Waals surface area contributed by atoms with Crippen molar-refractivity contribution >= 4 is 22.9 Å². The maximum Gasteiger partial charge on any atom is 0.267 e. The average molecular weight is 304 g/mol. The molecule has 1 amide bonds. The van der Waals surface area contributed by atoms with E-state index in [2.05, 4.69) is 24.1 Å². The summed E-state index contributed by atoms with van der Waals surface area (Å²) in [6, 6.07) is 5.35. The molecule has 0 atom stereocenters. The number of benzene rings is 1. The molecule has 0 unspecified atom stereocenters. The zero-order valence-electron chi connectivity index (χ0n) is 12.1. The third-order valence-electron chi connectivity index (χ3n) is 3.14. The first-order valence-electron chi connectivity index (χ1n) is 6.73. The van der Waals surface area contributed by atoms with Crippen molar-refractivity contribution in [2.45, 2.75) is 26.7 Å². The number of carbonyl (C=O) groups is 1. The van der Waals surface area contributed by atoms with Gasteiger partial charge in [-0.3, -0.25) is 4.79 Å². The summed E-state index contributed by atoms with van der Waals surface area (Å²) >= 11 is 1.44. The molecule has 0 bridgehead atoms. The molecule has 0 spiro atoms. The molecule has 0 aliphatic carbocycles. The van der Waals surface area contributed by atoms with Crippen molar-refractivity contribution in [3.05, 3.63) is 33.8 Å². The lowest BCUT2D eigenvalue weighted by molar-refractivity contribution is 0.103. The monoisotopic (exact) mass is 304 g/mol. The molecule has 21 heavy (non-hydrogen) atoms. The molecule has 1 aliphatic heterocycles. The van der Waals surface area contributed by atoms with Gasteiger partial charge in [0.1, 0.15) is 4.88 Å². The molecule has 0 saturated heterocycles. The Morgan fingerprint density at radius 3 is 2.81 bits per heavy atom. The predicted molar refractivity (Wildman–Crippen MR) is 81.5 cm³/mol. The lowest BCUT2D eigenvalue weighted by Crippen LogP contribution is -2.11. The predicted octanol–water partition coefficient (Wildman–Crippen LogP) is 3.56. The van der Waals surface area contributed by atoms with Crippen molar-refractivity contribution in [2.75, 3.05) is 12.1 Å². The van der Waals surface area contributed by atoms with Gasteiger partial charge < -0.3 is 14.8 Å². The van der Waals surface area contributed by atoms with Gasteiger partial charge in [-0.25, -0.2) is 4.98 Å². The number of nitrogens with zero attached hydrogens (tertiary/aromatic N) is 1. The van der Waals surface area contributed by atoms with E-state index in [0.29, 0.717) is 28.0 Å². The van der Waals surface area contributed by atoms with Crippen LogP contribution in [0.25, 0.3) is 0 Å². The van der Waals surface area contributed by atoms with E-state index < -0.39 is 0 Å². The highest BCUT2D eigenvalue weighted by molar-refractivity contribution is 7.14. The zero-order chi connectivity index (χ0) is 15.0. The normalized spacial score (nSPS) is 12.8. The van der Waals surface area contributed by atoms with Crippen LogP contribution in [0.5, 0.6) is 11.5 Å². The van der Waals surface area contributed by atoms with E-state index in [0.717, 1.165) is 10.7 Å². The highest BCUT2D eigenvalue weighted by atomic mass is 32.1. The average Bonchev–Trinajstić information content (AvgIpc) is 3.04. The van der Waals surface area contributed by atoms with Crippen LogP contribution in [0, 0.1) is 6.92 Å². The number of aromatic nitrogens is 1. The number of fused-ring (bicyclic) bond motifs is 1. The van der Waals surface area contributed by atoms with Gasteiger partial charge >= 0.3 is 0 Å². The summed E-state index contributed by atoms with van der Waals surface area (Å²) < 4.78 is 10.6. The molecular weight excluding hydrogens is 288 g/mol. The maximum atomic E-state index is 12.4. The highest BCUT2D eigenvalue weighted by Crippen LogP contribution is 2.34. The summed E-state index contributed by atoms with van der Waals surface area (Å²) in [5, 5.41) is 3.85. The van der Waals surface area contributed by atoms with Crippen LogP contribution in [0.3, 0.4) is 0 Å². The quantitative estimate of drug-likeness (QED) is 0.942. The fourth-order valence-electron chi connectivity index (χ4n) is 2.04. The Balaban J connectivity index is 1.80. The molecule has 110 valence electrons. The third-order valence-corrected chi connectivity index (χ3v) is 4.60. The Morgan fingerprint density at radius 2 is 2.10 bits per heavy atom. The molecule has 3 rings (SSSR count). The van der Waals surface area contributed by atoms with Gasteiger partial charge in [-0.1, -0.05) is 13.8 Å². The minimum absolute atomic E-state index is 0.143. The molecule has 6 heteroatoms. The minimum atomic E-state index is -0.143. The van der Waals surface area contributed by atoms with Gasteiger partial charge in [0.25, 0.3) is 5.91 Å². The topological polar surface area (TPSA) is 60.5 Å². The summed E-state index contributed by atoms with van der Waals surface area (Å²) in [5.41, 5.74) is 1.45. The fraction of sp³-hybridized carbons (Fsp3) is 0.333. The van der Waals surface area contributed by atoms with Crippen LogP contribution in [0.15, 0.2) is 18.2 Å². The largest absolute Gasteiger partial charge is 0.454 e. The molecule has 1 aromatic carbocycles. The van der Waals surface area contributed by atoms with Crippen LogP contribution in [0.4, 0.5) is 5.69 Å². The van der Waals surface area contributed by atoms with Gasteiger partial charge in [-0.15, -0.1) is 11.3 Å². The van der Waals surface area contributed by atoms with E-state index in [-0.39, 0.29) is 12.7 Å². The summed E-state index contributed by atoms with van der Waals surface area (Å²) in [7, 11) is 0. The number of rotatable bonds is 3. The molecule has 2 heterocycles. The van der Waals surface area contributed by atoms with Crippen LogP contribution >= 0.6 is 11.3 Å². The lowest BCUT2D eigenvalue weighted by Gasteiger charge is -2.05. The third kappa shape index (κ3) is 2.71. The summed E-state index contributed by atoms with van der Waals surface area (Å²) in [4.78, 5) is 17.5. The lowest BCUT2D eigenvalue weighted by atomic mass is 10.2. The number of hydrogen-bond donors (Lipinski definition) is 1. The molecule has 2 aromatic rings. The van der Waals surface area contributed by atoms with Crippen LogP contribution in [-0.2, 0) is 0 Å². The van der Waals surface area contributed by atoms with Gasteiger partial charge in [-0.05, 0) is 19.1 Å². The number of ether oxygens (including phenoxy) is 2. The Kier molecular flexibility index (Phi) is 3.55. The van der Waals surface area contributed by atoms with Gasteiger partial charge in [0, 0.05) is 17.7 Å². The van der Waals surface area contributed by atoms with Crippen molar-refractivity contribution in [3.8, 4) is 11.5 Å². The summed E-state index contributed by atoms with van der Waals surface area (Å²) in [6.07, 6.45) is 0. The van der Waals surface area contributed by atoms with Crippen molar-refractivity contribution in [3.63, 3.8) is 0 Å². The second-order valence-electron chi connectivity index (χ2n) is 5.14. The number of nitrogens with one attached hydrogen (secondary N) is 1. The number of carbonyl (C=O) groups excluding carboxylic acids is 1. The first-order chi connectivity index (χ1) is 10.0. The smallest absolute Gasteiger partial charge is 0.267 e.